The maximum absolute atomic E-state index is 11.3. The van der Waals surface area contributed by atoms with Crippen molar-refractivity contribution in [1.82, 2.24) is 5.32 Å². The fraction of sp³-hybridized carbons (Fsp3) is 0.833. The summed E-state index contributed by atoms with van der Waals surface area (Å²) in [6.45, 7) is -0.525. The molecule has 13 heavy (non-hydrogen) atoms. The highest BCUT2D eigenvalue weighted by Crippen LogP contribution is 2.16. The predicted molar refractivity (Wildman–Crippen MR) is 44.5 cm³/mol. The lowest BCUT2D eigenvalue weighted by atomic mass is 10.3. The lowest BCUT2D eigenvalue weighted by molar-refractivity contribution is -0.200. The van der Waals surface area contributed by atoms with Crippen LogP contribution in [0, 0.1) is 0 Å². The molecule has 0 aliphatic heterocycles. The van der Waals surface area contributed by atoms with E-state index in [0.29, 0.717) is 0 Å². The Kier molecular flexibility index (Phi) is 5.73. The molecule has 1 amide bonds. The topological polar surface area (TPSA) is 84.9 Å². The molecule has 7 heteroatoms. The summed E-state index contributed by atoms with van der Waals surface area (Å²) in [7, 11) is 2.23. The molecule has 0 aromatic rings. The maximum Gasteiger partial charge on any atom is 0.282 e. The van der Waals surface area contributed by atoms with Crippen LogP contribution in [0.5, 0.6) is 0 Å². The highest BCUT2D eigenvalue weighted by molar-refractivity contribution is 7.23. The third kappa shape index (κ3) is 3.00. The van der Waals surface area contributed by atoms with Crippen molar-refractivity contribution in [3.63, 3.8) is 0 Å². The van der Waals surface area contributed by atoms with Gasteiger partial charge in [0.2, 0.25) is 0 Å². The number of rotatable bonds is 6. The predicted octanol–water partition coefficient (Wildman–Crippen LogP) is -0.667. The Morgan fingerprint density at radius 3 is 2.38 bits per heavy atom. The van der Waals surface area contributed by atoms with Crippen LogP contribution < -0.4 is 5.32 Å². The molecule has 0 rings (SSSR count). The first-order chi connectivity index (χ1) is 6.16. The third-order valence-electron chi connectivity index (χ3n) is 1.52. The second-order valence-electron chi connectivity index (χ2n) is 2.11. The van der Waals surface area contributed by atoms with E-state index in [1.165, 1.54) is 14.2 Å². The first-order valence-corrected chi connectivity index (χ1v) is 4.45. The summed E-state index contributed by atoms with van der Waals surface area (Å²) in [5.74, 6) is -2.25. The van der Waals surface area contributed by atoms with Crippen LogP contribution in [0.15, 0.2) is 0 Å². The molecule has 0 heterocycles. The summed E-state index contributed by atoms with van der Waals surface area (Å²) in [4.78, 5) is 11.3. The van der Waals surface area contributed by atoms with Gasteiger partial charge in [-0.1, -0.05) is 0 Å². The zero-order chi connectivity index (χ0) is 10.3. The molecule has 0 saturated carbocycles. The number of amides is 1. The summed E-state index contributed by atoms with van der Waals surface area (Å²) < 4.78 is 19.9. The van der Waals surface area contributed by atoms with Crippen LogP contribution in [-0.2, 0) is 18.8 Å². The van der Waals surface area contributed by atoms with Gasteiger partial charge in [-0.3, -0.25) is 9.36 Å². The second kappa shape index (κ2) is 5.99. The smallest absolute Gasteiger partial charge is 0.282 e. The second-order valence-corrected chi connectivity index (χ2v) is 2.69. The zero-order valence-electron chi connectivity index (χ0n) is 7.44. The molecular weight excluding hydrogens is 197 g/mol. The number of carbonyl (C=O) groups excluding carboxylic acids is 1. The van der Waals surface area contributed by atoms with Crippen molar-refractivity contribution in [2.45, 2.75) is 5.79 Å². The Morgan fingerprint density at radius 2 is 2.08 bits per heavy atom. The molecular formula is C6H12NO5P. The fourth-order valence-corrected chi connectivity index (χ4v) is 1.33. The number of carbonyl (C=O) groups is 1. The molecule has 0 radical (unpaired) electrons. The van der Waals surface area contributed by atoms with Gasteiger partial charge in [-0.2, -0.15) is 0 Å². The molecule has 0 atom stereocenters. The van der Waals surface area contributed by atoms with Gasteiger partial charge >= 0.3 is 0 Å². The largest absolute Gasteiger partial charge is 0.376 e. The lowest BCUT2D eigenvalue weighted by Gasteiger charge is -2.26. The number of hydrogen-bond acceptors (Lipinski definition) is 5. The summed E-state index contributed by atoms with van der Waals surface area (Å²) >= 11 is 0. The number of aliphatic hydroxyl groups excluding tert-OH is 1. The Morgan fingerprint density at radius 1 is 1.54 bits per heavy atom. The van der Waals surface area contributed by atoms with Crippen LogP contribution in [0.4, 0.5) is 0 Å². The van der Waals surface area contributed by atoms with Gasteiger partial charge in [-0.15, -0.1) is 0 Å². The molecule has 6 nitrogen and oxygen atoms in total. The molecule has 0 aromatic carbocycles. The van der Waals surface area contributed by atoms with Crippen LogP contribution in [0.25, 0.3) is 0 Å². The average Bonchev–Trinajstić information content (AvgIpc) is 2.14. The third-order valence-corrected chi connectivity index (χ3v) is 2.06. The molecule has 2 N–H and O–H groups in total. The van der Waals surface area contributed by atoms with Gasteiger partial charge in [-0.25, -0.2) is 0 Å². The van der Waals surface area contributed by atoms with Crippen molar-refractivity contribution >= 4 is 14.4 Å². The van der Waals surface area contributed by atoms with Gasteiger partial charge < -0.3 is 19.9 Å². The van der Waals surface area contributed by atoms with Crippen LogP contribution >= 0.6 is 8.46 Å². The van der Waals surface area contributed by atoms with Crippen molar-refractivity contribution in [3.8, 4) is 0 Å². The first kappa shape index (κ1) is 12.4. The van der Waals surface area contributed by atoms with Gasteiger partial charge in [0.05, 0.1) is 6.16 Å². The molecule has 76 valence electrons. The van der Waals surface area contributed by atoms with Gasteiger partial charge in [0, 0.05) is 14.2 Å². The average molecular weight is 209 g/mol. The number of nitrogens with one attached hydrogen (secondary N) is 1. The van der Waals surface area contributed by atoms with E-state index in [9.17, 15) is 9.36 Å². The van der Waals surface area contributed by atoms with E-state index in [0.717, 1.165) is 0 Å². The fourth-order valence-electron chi connectivity index (χ4n) is 0.761. The van der Waals surface area contributed by atoms with Gasteiger partial charge in [-0.05, 0) is 0 Å². The molecule has 0 saturated heterocycles. The minimum absolute atomic E-state index is 0.133. The molecule has 0 fully saturated rings. The van der Waals surface area contributed by atoms with Crippen LogP contribution in [0.3, 0.4) is 0 Å². The number of hydrogen-bond donors (Lipinski definition) is 2. The minimum atomic E-state index is -1.59. The van der Waals surface area contributed by atoms with Crippen LogP contribution in [0.1, 0.15) is 0 Å². The van der Waals surface area contributed by atoms with E-state index < -0.39 is 18.4 Å². The lowest BCUT2D eigenvalue weighted by Crippen LogP contribution is -2.51. The molecule has 0 bridgehead atoms. The van der Waals surface area contributed by atoms with Gasteiger partial charge in [0.25, 0.3) is 11.7 Å². The van der Waals surface area contributed by atoms with Gasteiger partial charge in [0.1, 0.15) is 6.73 Å². The number of methoxy groups -OCH3 is 2. The van der Waals surface area contributed by atoms with Crippen molar-refractivity contribution in [3.05, 3.63) is 0 Å². The SMILES string of the molecule is COC(CP=O)(OC)C(=O)NCO. The van der Waals surface area contributed by atoms with Crippen molar-refractivity contribution in [2.24, 2.45) is 0 Å². The Bertz CT molecular complexity index is 182. The summed E-state index contributed by atoms with van der Waals surface area (Å²) in [6, 6.07) is 0. The summed E-state index contributed by atoms with van der Waals surface area (Å²) in [5, 5.41) is 10.5. The number of ether oxygens (including phenoxy) is 2. The zero-order valence-corrected chi connectivity index (χ0v) is 8.34. The Hall–Kier alpha value is -0.550. The quantitative estimate of drug-likeness (QED) is 0.447. The molecule has 0 aliphatic rings. The van der Waals surface area contributed by atoms with E-state index in [2.05, 4.69) is 5.32 Å². The van der Waals surface area contributed by atoms with E-state index in [-0.39, 0.29) is 14.6 Å². The van der Waals surface area contributed by atoms with E-state index >= 15 is 0 Å². The Labute approximate surface area is 77.4 Å². The standard InChI is InChI=1S/C6H12NO5P/c1-11-6(12-2,3-13-10)5(9)7-4-8/h8H,3-4H2,1-2H3,(H,7,9). The molecule has 0 aromatic heterocycles. The van der Waals surface area contributed by atoms with E-state index in [4.69, 9.17) is 14.6 Å². The normalized spacial score (nSPS) is 11.6. The van der Waals surface area contributed by atoms with E-state index in [1.54, 1.807) is 0 Å². The highest BCUT2D eigenvalue weighted by atomic mass is 31.1. The first-order valence-electron chi connectivity index (χ1n) is 3.45. The monoisotopic (exact) mass is 209 g/mol. The molecule has 0 spiro atoms. The van der Waals surface area contributed by atoms with Gasteiger partial charge in [0.15, 0.2) is 8.46 Å². The highest BCUT2D eigenvalue weighted by Gasteiger charge is 2.38. The summed E-state index contributed by atoms with van der Waals surface area (Å²) in [6.07, 6.45) is -0.133. The molecule has 0 aliphatic carbocycles. The molecule has 0 unspecified atom stereocenters. The van der Waals surface area contributed by atoms with Crippen molar-refractivity contribution < 1.29 is 23.9 Å². The van der Waals surface area contributed by atoms with Crippen LogP contribution in [0.2, 0.25) is 0 Å². The Balaban J connectivity index is 4.52. The van der Waals surface area contributed by atoms with E-state index in [1.807, 2.05) is 0 Å². The summed E-state index contributed by atoms with van der Waals surface area (Å²) in [5.41, 5.74) is 0. The van der Waals surface area contributed by atoms with Crippen molar-refractivity contribution in [1.29, 1.82) is 0 Å². The van der Waals surface area contributed by atoms with Crippen LogP contribution in [-0.4, -0.2) is 43.9 Å². The number of aliphatic hydroxyl groups is 1. The maximum atomic E-state index is 11.3. The minimum Gasteiger partial charge on any atom is -0.376 e. The van der Waals surface area contributed by atoms with Crippen molar-refractivity contribution in [2.75, 3.05) is 27.1 Å².